The number of thioether (sulfide) groups is 1. The highest BCUT2D eigenvalue weighted by Gasteiger charge is 2.19. The van der Waals surface area contributed by atoms with Gasteiger partial charge in [0, 0.05) is 22.5 Å². The van der Waals surface area contributed by atoms with Crippen LogP contribution in [0.15, 0.2) is 53.9 Å². The van der Waals surface area contributed by atoms with Crippen LogP contribution in [0.4, 0.5) is 5.13 Å². The first kappa shape index (κ1) is 22.2. The molecule has 0 saturated heterocycles. The molecule has 3 rings (SSSR count). The fourth-order valence-corrected chi connectivity index (χ4v) is 4.24. The maximum Gasteiger partial charge on any atom is 0.242 e. The second kappa shape index (κ2) is 11.0. The zero-order chi connectivity index (χ0) is 21.3. The first-order chi connectivity index (χ1) is 14.6. The number of nitrogens with one attached hydrogen (secondary N) is 2. The molecule has 30 heavy (non-hydrogen) atoms. The summed E-state index contributed by atoms with van der Waals surface area (Å²) < 4.78 is 0. The molecule has 0 aliphatic carbocycles. The largest absolute Gasteiger partial charge is 0.350 e. The minimum atomic E-state index is -0.389. The average molecular weight is 457 g/mol. The molecule has 8 heteroatoms. The lowest BCUT2D eigenvalue weighted by Crippen LogP contribution is -2.39. The molecule has 154 valence electrons. The van der Waals surface area contributed by atoms with Crippen LogP contribution in [-0.2, 0) is 11.3 Å². The van der Waals surface area contributed by atoms with Crippen molar-refractivity contribution in [1.82, 2.24) is 10.3 Å². The lowest BCUT2D eigenvalue weighted by Gasteiger charge is -2.18. The summed E-state index contributed by atoms with van der Waals surface area (Å²) in [6, 6.07) is 16.5. The van der Waals surface area contributed by atoms with Crippen LogP contribution in [0.3, 0.4) is 0 Å². The maximum absolute atomic E-state index is 12.8. The predicted molar refractivity (Wildman–Crippen MR) is 126 cm³/mol. The summed E-state index contributed by atoms with van der Waals surface area (Å²) in [6.07, 6.45) is 2.70. The average Bonchev–Trinajstić information content (AvgIpc) is 3.24. The quantitative estimate of drug-likeness (QED) is 0.463. The fraction of sp³-hybridized carbons (Fsp3) is 0.227. The lowest BCUT2D eigenvalue weighted by molar-refractivity contribution is -0.122. The van der Waals surface area contributed by atoms with Crippen LogP contribution >= 0.6 is 34.7 Å². The summed E-state index contributed by atoms with van der Waals surface area (Å²) in [5, 5.41) is 18.4. The molecule has 0 aliphatic heterocycles. The van der Waals surface area contributed by atoms with E-state index in [0.717, 1.165) is 22.6 Å². The van der Waals surface area contributed by atoms with Crippen LogP contribution in [0.1, 0.15) is 17.5 Å². The zero-order valence-corrected chi connectivity index (χ0v) is 18.8. The Hall–Kier alpha value is -2.53. The van der Waals surface area contributed by atoms with Gasteiger partial charge in [-0.15, -0.1) is 11.3 Å². The molecule has 2 N–H and O–H groups in total. The third-order valence-corrected chi connectivity index (χ3v) is 6.24. The van der Waals surface area contributed by atoms with Gasteiger partial charge in [-0.3, -0.25) is 4.79 Å². The predicted octanol–water partition coefficient (Wildman–Crippen LogP) is 5.19. The van der Waals surface area contributed by atoms with E-state index in [1.54, 1.807) is 23.9 Å². The van der Waals surface area contributed by atoms with Gasteiger partial charge in [-0.25, -0.2) is 4.98 Å². The lowest BCUT2D eigenvalue weighted by atomic mass is 10.1. The summed E-state index contributed by atoms with van der Waals surface area (Å²) >= 11 is 9.34. The van der Waals surface area contributed by atoms with E-state index in [-0.39, 0.29) is 11.9 Å². The van der Waals surface area contributed by atoms with Crippen LogP contribution in [0.2, 0.25) is 5.02 Å². The Labute approximate surface area is 189 Å². The molecule has 0 spiro atoms. The Balaban J connectivity index is 1.66. The number of amides is 1. The third-order valence-electron chi connectivity index (χ3n) is 4.45. The number of thiazole rings is 1. The highest BCUT2D eigenvalue weighted by atomic mass is 35.5. The first-order valence-electron chi connectivity index (χ1n) is 9.33. The molecule has 3 aromatic rings. The summed E-state index contributed by atoms with van der Waals surface area (Å²) in [5.74, 6) is 0.768. The summed E-state index contributed by atoms with van der Waals surface area (Å²) in [6.45, 7) is 0.379. The van der Waals surface area contributed by atoms with Gasteiger partial charge >= 0.3 is 0 Å². The van der Waals surface area contributed by atoms with Crippen molar-refractivity contribution in [3.8, 4) is 17.3 Å². The van der Waals surface area contributed by atoms with Crippen molar-refractivity contribution in [3.05, 3.63) is 70.1 Å². The van der Waals surface area contributed by atoms with Gasteiger partial charge in [-0.2, -0.15) is 17.0 Å². The minimum Gasteiger partial charge on any atom is -0.350 e. The molecule has 1 heterocycles. The standard InChI is InChI=1S/C22H21ClN4OS2/c1-29-11-10-19(21(28)25-13-17-4-2-3-5-18(17)23)26-22-27-20(14-30-22)16-8-6-15(12-24)7-9-16/h2-9,14,19H,10-11,13H2,1H3,(H,25,28)(H,26,27)/t19-/m1/s1. The Bertz CT molecular complexity index is 1030. The zero-order valence-electron chi connectivity index (χ0n) is 16.4. The van der Waals surface area contributed by atoms with Gasteiger partial charge in [0.25, 0.3) is 0 Å². The number of carbonyl (C=O) groups excluding carboxylic acids is 1. The van der Waals surface area contributed by atoms with Crippen LogP contribution in [0.25, 0.3) is 11.3 Å². The number of anilines is 1. The second-order valence-electron chi connectivity index (χ2n) is 6.51. The molecule has 0 aliphatic rings. The van der Waals surface area contributed by atoms with Gasteiger partial charge in [0.15, 0.2) is 5.13 Å². The van der Waals surface area contributed by atoms with Gasteiger partial charge < -0.3 is 10.6 Å². The fourth-order valence-electron chi connectivity index (χ4n) is 2.79. The summed E-state index contributed by atoms with van der Waals surface area (Å²) in [7, 11) is 0. The van der Waals surface area contributed by atoms with E-state index in [0.29, 0.717) is 28.7 Å². The molecule has 0 fully saturated rings. The summed E-state index contributed by atoms with van der Waals surface area (Å²) in [5.41, 5.74) is 3.24. The Kier molecular flexibility index (Phi) is 8.14. The number of rotatable bonds is 9. The molecule has 0 unspecified atom stereocenters. The number of halogens is 1. The van der Waals surface area contributed by atoms with Crippen LogP contribution in [0, 0.1) is 11.3 Å². The van der Waals surface area contributed by atoms with E-state index >= 15 is 0 Å². The normalized spacial score (nSPS) is 11.5. The highest BCUT2D eigenvalue weighted by molar-refractivity contribution is 7.98. The molecule has 1 aromatic heterocycles. The van der Waals surface area contributed by atoms with E-state index in [4.69, 9.17) is 16.9 Å². The van der Waals surface area contributed by atoms with Crippen molar-refractivity contribution in [2.45, 2.75) is 19.0 Å². The number of carbonyl (C=O) groups is 1. The van der Waals surface area contributed by atoms with Crippen molar-refractivity contribution in [1.29, 1.82) is 5.26 Å². The van der Waals surface area contributed by atoms with Crippen molar-refractivity contribution in [3.63, 3.8) is 0 Å². The van der Waals surface area contributed by atoms with Gasteiger partial charge in [0.2, 0.25) is 5.91 Å². The highest BCUT2D eigenvalue weighted by Crippen LogP contribution is 2.26. The maximum atomic E-state index is 12.8. The van der Waals surface area contributed by atoms with E-state index < -0.39 is 0 Å². The van der Waals surface area contributed by atoms with E-state index in [9.17, 15) is 4.79 Å². The topological polar surface area (TPSA) is 77.8 Å². The Morgan fingerprint density at radius 2 is 2.03 bits per heavy atom. The minimum absolute atomic E-state index is 0.0842. The molecule has 1 atom stereocenters. The molecule has 2 aromatic carbocycles. The van der Waals surface area contributed by atoms with Crippen molar-refractivity contribution >= 4 is 45.7 Å². The molecule has 0 radical (unpaired) electrons. The number of benzene rings is 2. The second-order valence-corrected chi connectivity index (χ2v) is 8.77. The Morgan fingerprint density at radius 3 is 2.73 bits per heavy atom. The molecule has 5 nitrogen and oxygen atoms in total. The number of hydrogen-bond donors (Lipinski definition) is 2. The molecule has 1 amide bonds. The smallest absolute Gasteiger partial charge is 0.242 e. The van der Waals surface area contributed by atoms with Gasteiger partial charge in [0.1, 0.15) is 6.04 Å². The number of nitrogens with zero attached hydrogens (tertiary/aromatic N) is 2. The van der Waals surface area contributed by atoms with Crippen molar-refractivity contribution in [2.75, 3.05) is 17.3 Å². The Morgan fingerprint density at radius 1 is 1.27 bits per heavy atom. The number of hydrogen-bond acceptors (Lipinski definition) is 6. The van der Waals surface area contributed by atoms with Gasteiger partial charge in [-0.05, 0) is 42.2 Å². The molecular weight excluding hydrogens is 436 g/mol. The van der Waals surface area contributed by atoms with Gasteiger partial charge in [-0.1, -0.05) is 41.9 Å². The van der Waals surface area contributed by atoms with Crippen molar-refractivity contribution in [2.24, 2.45) is 0 Å². The van der Waals surface area contributed by atoms with Crippen LogP contribution < -0.4 is 10.6 Å². The van der Waals surface area contributed by atoms with E-state index in [1.165, 1.54) is 11.3 Å². The SMILES string of the molecule is CSCC[C@@H](Nc1nc(-c2ccc(C#N)cc2)cs1)C(=O)NCc1ccccc1Cl. The third kappa shape index (κ3) is 5.99. The number of aromatic nitrogens is 1. The molecule has 0 bridgehead atoms. The number of nitriles is 1. The monoisotopic (exact) mass is 456 g/mol. The van der Waals surface area contributed by atoms with E-state index in [1.807, 2.05) is 48.0 Å². The summed E-state index contributed by atoms with van der Waals surface area (Å²) in [4.78, 5) is 17.4. The van der Waals surface area contributed by atoms with E-state index in [2.05, 4.69) is 21.7 Å². The molecular formula is C22H21ClN4OS2. The van der Waals surface area contributed by atoms with Gasteiger partial charge in [0.05, 0.1) is 17.3 Å². The van der Waals surface area contributed by atoms with Crippen molar-refractivity contribution < 1.29 is 4.79 Å². The van der Waals surface area contributed by atoms with Crippen LogP contribution in [-0.4, -0.2) is 28.9 Å². The first-order valence-corrected chi connectivity index (χ1v) is 12.0. The molecule has 0 saturated carbocycles. The van der Waals surface area contributed by atoms with Crippen LogP contribution in [0.5, 0.6) is 0 Å².